The maximum atomic E-state index is 11.8. The fraction of sp³-hybridized carbons (Fsp3) is 0.810. The number of allylic oxidation sites excluding steroid dienone is 2. The van der Waals surface area contributed by atoms with Gasteiger partial charge in [-0.2, -0.15) is 0 Å². The molecule has 1 aliphatic heterocycles. The van der Waals surface area contributed by atoms with E-state index in [0.29, 0.717) is 12.8 Å². The molecule has 1 heterocycles. The number of rotatable bonds is 7. The average molecular weight is 414 g/mol. The highest BCUT2D eigenvalue weighted by molar-refractivity contribution is 5.91. The molecule has 0 aromatic rings. The molecule has 0 aromatic heterocycles. The Morgan fingerprint density at radius 3 is 2.52 bits per heavy atom. The van der Waals surface area contributed by atoms with Gasteiger partial charge in [0.25, 0.3) is 0 Å². The number of hydrogen-bond donors (Lipinski definition) is 3. The highest BCUT2D eigenvalue weighted by Crippen LogP contribution is 2.42. The number of ketones is 1. The molecule has 3 N–H and O–H groups in total. The maximum absolute atomic E-state index is 11.8. The smallest absolute Gasteiger partial charge is 0.302 e. The Labute approximate surface area is 171 Å². The summed E-state index contributed by atoms with van der Waals surface area (Å²) in [6, 6.07) is 0. The Morgan fingerprint density at radius 2 is 1.93 bits per heavy atom. The summed E-state index contributed by atoms with van der Waals surface area (Å²) in [5.74, 6) is -0.144. The van der Waals surface area contributed by atoms with E-state index in [1.807, 2.05) is 13.8 Å². The van der Waals surface area contributed by atoms with Gasteiger partial charge in [0.05, 0.1) is 6.10 Å². The second-order valence-electron chi connectivity index (χ2n) is 8.91. The van der Waals surface area contributed by atoms with Crippen LogP contribution in [0.2, 0.25) is 0 Å². The number of hydrogen-bond acceptors (Lipinski definition) is 8. The van der Waals surface area contributed by atoms with Crippen LogP contribution in [0.1, 0.15) is 53.9 Å². The zero-order chi connectivity index (χ0) is 21.9. The van der Waals surface area contributed by atoms with E-state index in [1.54, 1.807) is 6.08 Å². The lowest BCUT2D eigenvalue weighted by molar-refractivity contribution is -0.310. The second-order valence-corrected chi connectivity index (χ2v) is 8.91. The molecule has 2 aliphatic rings. The fourth-order valence-corrected chi connectivity index (χ4v) is 4.28. The van der Waals surface area contributed by atoms with Crippen molar-refractivity contribution >= 4 is 11.8 Å². The SMILES string of the molecule is CC(=O)OC[C@H]1OC(O[C@@H](C)CC[C@H]2C(C)=CC(=O)CC2(C)C)[C@H](O)[C@@H](O)[C@@H]1O. The summed E-state index contributed by atoms with van der Waals surface area (Å²) < 4.78 is 16.2. The second kappa shape index (κ2) is 9.66. The molecule has 1 unspecified atom stereocenters. The van der Waals surface area contributed by atoms with Crippen molar-refractivity contribution < 1.29 is 39.1 Å². The van der Waals surface area contributed by atoms with Gasteiger partial charge in [-0.15, -0.1) is 0 Å². The molecule has 0 bridgehead atoms. The third-order valence-electron chi connectivity index (χ3n) is 5.86. The number of carbonyl (C=O) groups is 2. The summed E-state index contributed by atoms with van der Waals surface area (Å²) in [4.78, 5) is 22.8. The molecule has 0 saturated carbocycles. The van der Waals surface area contributed by atoms with E-state index in [9.17, 15) is 24.9 Å². The normalized spacial score (nSPS) is 35.7. The molecule has 0 aromatic carbocycles. The topological polar surface area (TPSA) is 123 Å². The zero-order valence-electron chi connectivity index (χ0n) is 17.8. The fourth-order valence-electron chi connectivity index (χ4n) is 4.28. The largest absolute Gasteiger partial charge is 0.463 e. The van der Waals surface area contributed by atoms with Gasteiger partial charge in [0.15, 0.2) is 12.1 Å². The Hall–Kier alpha value is -1.32. The molecule has 1 saturated heterocycles. The van der Waals surface area contributed by atoms with E-state index in [1.165, 1.54) is 6.92 Å². The molecule has 1 fully saturated rings. The van der Waals surface area contributed by atoms with Crippen molar-refractivity contribution in [3.8, 4) is 0 Å². The van der Waals surface area contributed by atoms with Crippen molar-refractivity contribution in [2.45, 2.75) is 90.7 Å². The third kappa shape index (κ3) is 6.08. The molecule has 7 atom stereocenters. The highest BCUT2D eigenvalue weighted by Gasteiger charge is 2.45. The summed E-state index contributed by atoms with van der Waals surface area (Å²) in [7, 11) is 0. The molecule has 0 amide bonds. The average Bonchev–Trinajstić information content (AvgIpc) is 2.59. The van der Waals surface area contributed by atoms with Crippen LogP contribution in [0.4, 0.5) is 0 Å². The first-order chi connectivity index (χ1) is 13.4. The lowest BCUT2D eigenvalue weighted by Gasteiger charge is -2.41. The van der Waals surface area contributed by atoms with Gasteiger partial charge in [-0.25, -0.2) is 0 Å². The van der Waals surface area contributed by atoms with Crippen LogP contribution in [0.5, 0.6) is 0 Å². The van der Waals surface area contributed by atoms with Crippen LogP contribution >= 0.6 is 0 Å². The third-order valence-corrected chi connectivity index (χ3v) is 5.86. The summed E-state index contributed by atoms with van der Waals surface area (Å²) in [6.45, 7) is 8.97. The lowest BCUT2D eigenvalue weighted by atomic mass is 9.66. The first-order valence-electron chi connectivity index (χ1n) is 10.1. The Kier molecular flexibility index (Phi) is 7.98. The van der Waals surface area contributed by atoms with Crippen LogP contribution < -0.4 is 0 Å². The van der Waals surface area contributed by atoms with Crippen LogP contribution in [0.15, 0.2) is 11.6 Å². The monoisotopic (exact) mass is 414 g/mol. The van der Waals surface area contributed by atoms with Gasteiger partial charge in [0.2, 0.25) is 0 Å². The number of esters is 1. The minimum atomic E-state index is -1.48. The van der Waals surface area contributed by atoms with Gasteiger partial charge in [-0.3, -0.25) is 9.59 Å². The number of ether oxygens (including phenoxy) is 3. The molecule has 8 heteroatoms. The summed E-state index contributed by atoms with van der Waals surface area (Å²) >= 11 is 0. The number of aliphatic hydroxyl groups is 3. The van der Waals surface area contributed by atoms with Crippen LogP contribution in [0.3, 0.4) is 0 Å². The van der Waals surface area contributed by atoms with Crippen molar-refractivity contribution in [1.82, 2.24) is 0 Å². The standard InChI is InChI=1S/C21H34O8/c1-11-8-14(23)9-21(4,5)15(11)7-6-12(2)28-20-19(26)18(25)17(24)16(29-20)10-27-13(3)22/h8,12,15-20,24-26H,6-7,9-10H2,1-5H3/t12-,15-,16+,17+,18-,19+,20?/m0/s1. The van der Waals surface area contributed by atoms with E-state index in [2.05, 4.69) is 13.8 Å². The van der Waals surface area contributed by atoms with Crippen molar-refractivity contribution in [3.63, 3.8) is 0 Å². The minimum absolute atomic E-state index is 0.133. The van der Waals surface area contributed by atoms with Crippen molar-refractivity contribution in [2.24, 2.45) is 11.3 Å². The maximum Gasteiger partial charge on any atom is 0.302 e. The zero-order valence-corrected chi connectivity index (χ0v) is 17.8. The molecule has 1 aliphatic carbocycles. The Bertz CT molecular complexity index is 628. The van der Waals surface area contributed by atoms with E-state index < -0.39 is 36.7 Å². The van der Waals surface area contributed by atoms with Gasteiger partial charge in [0.1, 0.15) is 31.0 Å². The highest BCUT2D eigenvalue weighted by atomic mass is 16.7. The summed E-state index contributed by atoms with van der Waals surface area (Å²) in [5.41, 5.74) is 0.929. The first kappa shape index (κ1) is 24.0. The number of aliphatic hydroxyl groups excluding tert-OH is 3. The molecule has 0 spiro atoms. The Balaban J connectivity index is 1.94. The molecular formula is C21H34O8. The van der Waals surface area contributed by atoms with Gasteiger partial charge < -0.3 is 29.5 Å². The quantitative estimate of drug-likeness (QED) is 0.530. The van der Waals surface area contributed by atoms with Gasteiger partial charge in [-0.05, 0) is 44.1 Å². The Morgan fingerprint density at radius 1 is 1.28 bits per heavy atom. The predicted octanol–water partition coefficient (Wildman–Crippen LogP) is 1.10. The van der Waals surface area contributed by atoms with Gasteiger partial charge in [0, 0.05) is 13.3 Å². The van der Waals surface area contributed by atoms with E-state index in [4.69, 9.17) is 14.2 Å². The van der Waals surface area contributed by atoms with E-state index in [0.717, 1.165) is 12.0 Å². The van der Waals surface area contributed by atoms with Crippen molar-refractivity contribution in [1.29, 1.82) is 0 Å². The summed E-state index contributed by atoms with van der Waals surface area (Å²) in [6.07, 6.45) is -3.06. The van der Waals surface area contributed by atoms with Crippen LogP contribution in [-0.2, 0) is 23.8 Å². The molecule has 8 nitrogen and oxygen atoms in total. The van der Waals surface area contributed by atoms with E-state index >= 15 is 0 Å². The first-order valence-corrected chi connectivity index (χ1v) is 10.1. The summed E-state index contributed by atoms with van der Waals surface area (Å²) in [5, 5.41) is 30.3. The minimum Gasteiger partial charge on any atom is -0.463 e. The van der Waals surface area contributed by atoms with Gasteiger partial charge >= 0.3 is 5.97 Å². The molecule has 2 rings (SSSR count). The number of carbonyl (C=O) groups excluding carboxylic acids is 2. The van der Waals surface area contributed by atoms with Crippen molar-refractivity contribution in [2.75, 3.05) is 6.61 Å². The molecular weight excluding hydrogens is 380 g/mol. The van der Waals surface area contributed by atoms with Crippen LogP contribution in [0, 0.1) is 11.3 Å². The molecule has 0 radical (unpaired) electrons. The van der Waals surface area contributed by atoms with Crippen LogP contribution in [0.25, 0.3) is 0 Å². The van der Waals surface area contributed by atoms with E-state index in [-0.39, 0.29) is 29.8 Å². The predicted molar refractivity (Wildman–Crippen MR) is 104 cm³/mol. The lowest BCUT2D eigenvalue weighted by Crippen LogP contribution is -2.59. The van der Waals surface area contributed by atoms with Gasteiger partial charge in [-0.1, -0.05) is 19.4 Å². The van der Waals surface area contributed by atoms with Crippen LogP contribution in [-0.4, -0.2) is 70.5 Å². The molecule has 166 valence electrons. The molecule has 29 heavy (non-hydrogen) atoms. The van der Waals surface area contributed by atoms with Crippen molar-refractivity contribution in [3.05, 3.63) is 11.6 Å².